The molecule has 7 nitrogen and oxygen atoms in total. The second-order valence-corrected chi connectivity index (χ2v) is 7.75. The molecule has 0 radical (unpaired) electrons. The molecule has 0 saturated carbocycles. The number of ether oxygens (including phenoxy) is 3. The van der Waals surface area contributed by atoms with Crippen LogP contribution in [0.4, 0.5) is 0 Å². The lowest BCUT2D eigenvalue weighted by Crippen LogP contribution is -2.67. The SMILES string of the molecule is CCCCOC(=O)C1C(C(C)=O)C(=O)N1C(c1ccc(OC)cc1)c1ccc(OC)cc1. The minimum atomic E-state index is -1.02. The van der Waals surface area contributed by atoms with Gasteiger partial charge in [0, 0.05) is 0 Å². The second-order valence-electron chi connectivity index (χ2n) is 7.75. The van der Waals surface area contributed by atoms with Crippen LogP contribution < -0.4 is 9.47 Å². The largest absolute Gasteiger partial charge is 0.497 e. The van der Waals surface area contributed by atoms with Crippen molar-refractivity contribution in [3.8, 4) is 11.5 Å². The third kappa shape index (κ3) is 4.61. The Hall–Kier alpha value is -3.35. The van der Waals surface area contributed by atoms with Crippen LogP contribution in [0, 0.1) is 5.92 Å². The quantitative estimate of drug-likeness (QED) is 0.244. The molecule has 2 aromatic rings. The van der Waals surface area contributed by atoms with Crippen LogP contribution in [0.3, 0.4) is 0 Å². The summed E-state index contributed by atoms with van der Waals surface area (Å²) in [5.74, 6) is -0.949. The molecule has 2 atom stereocenters. The molecule has 0 aromatic heterocycles. The third-order valence-electron chi connectivity index (χ3n) is 5.70. The van der Waals surface area contributed by atoms with Gasteiger partial charge in [-0.15, -0.1) is 0 Å². The van der Waals surface area contributed by atoms with E-state index < -0.39 is 24.0 Å². The van der Waals surface area contributed by atoms with Crippen molar-refractivity contribution in [2.75, 3.05) is 20.8 Å². The molecule has 0 bridgehead atoms. The molecule has 7 heteroatoms. The predicted octanol–water partition coefficient (Wildman–Crippen LogP) is 3.55. The molecule has 1 amide bonds. The molecule has 0 spiro atoms. The maximum atomic E-state index is 13.1. The lowest BCUT2D eigenvalue weighted by Gasteiger charge is -2.48. The second kappa shape index (κ2) is 10.3. The van der Waals surface area contributed by atoms with Gasteiger partial charge in [0.1, 0.15) is 29.2 Å². The van der Waals surface area contributed by atoms with Crippen LogP contribution in [0.15, 0.2) is 48.5 Å². The highest BCUT2D eigenvalue weighted by Crippen LogP contribution is 2.41. The fraction of sp³-hybridized carbons (Fsp3) is 0.400. The number of unbranched alkanes of at least 4 members (excludes halogenated alkanes) is 1. The van der Waals surface area contributed by atoms with E-state index in [0.29, 0.717) is 11.5 Å². The zero-order valence-corrected chi connectivity index (χ0v) is 18.9. The van der Waals surface area contributed by atoms with Crippen molar-refractivity contribution >= 4 is 17.7 Å². The van der Waals surface area contributed by atoms with Gasteiger partial charge in [0.05, 0.1) is 26.9 Å². The minimum Gasteiger partial charge on any atom is -0.497 e. The van der Waals surface area contributed by atoms with Crippen LogP contribution in [-0.4, -0.2) is 49.4 Å². The zero-order chi connectivity index (χ0) is 23.3. The molecule has 32 heavy (non-hydrogen) atoms. The summed E-state index contributed by atoms with van der Waals surface area (Å²) in [4.78, 5) is 39.7. The monoisotopic (exact) mass is 439 g/mol. The number of carbonyl (C=O) groups is 3. The first kappa shape index (κ1) is 23.3. The highest BCUT2D eigenvalue weighted by molar-refractivity contribution is 6.11. The van der Waals surface area contributed by atoms with Gasteiger partial charge in [-0.3, -0.25) is 9.59 Å². The molecule has 1 aliphatic heterocycles. The van der Waals surface area contributed by atoms with Gasteiger partial charge in [0.15, 0.2) is 0 Å². The Labute approximate surface area is 188 Å². The maximum Gasteiger partial charge on any atom is 0.330 e. The van der Waals surface area contributed by atoms with E-state index in [4.69, 9.17) is 14.2 Å². The average Bonchev–Trinajstić information content (AvgIpc) is 2.80. The number of methoxy groups -OCH3 is 2. The zero-order valence-electron chi connectivity index (χ0n) is 18.9. The van der Waals surface area contributed by atoms with Gasteiger partial charge in [-0.1, -0.05) is 37.6 Å². The predicted molar refractivity (Wildman–Crippen MR) is 119 cm³/mol. The first-order valence-corrected chi connectivity index (χ1v) is 10.7. The Morgan fingerprint density at radius 3 is 1.84 bits per heavy atom. The van der Waals surface area contributed by atoms with Crippen LogP contribution in [0.1, 0.15) is 43.9 Å². The number of hydrogen-bond acceptors (Lipinski definition) is 6. The number of Topliss-reactive ketones (excluding diaryl/α,β-unsaturated/α-hetero) is 1. The summed E-state index contributed by atoms with van der Waals surface area (Å²) in [6, 6.07) is 13.1. The summed E-state index contributed by atoms with van der Waals surface area (Å²) in [7, 11) is 3.16. The number of amides is 1. The Bertz CT molecular complexity index is 906. The number of likely N-dealkylation sites (tertiary alicyclic amines) is 1. The lowest BCUT2D eigenvalue weighted by molar-refractivity contribution is -0.179. The fourth-order valence-corrected chi connectivity index (χ4v) is 3.93. The Morgan fingerprint density at radius 2 is 1.44 bits per heavy atom. The van der Waals surface area contributed by atoms with Crippen molar-refractivity contribution in [3.05, 3.63) is 59.7 Å². The maximum absolute atomic E-state index is 13.1. The van der Waals surface area contributed by atoms with Crippen LogP contribution in [0.25, 0.3) is 0 Å². The van der Waals surface area contributed by atoms with Crippen LogP contribution in [0.2, 0.25) is 0 Å². The molecule has 1 heterocycles. The standard InChI is InChI=1S/C25H29NO6/c1-5-6-15-32-25(29)23-21(16(2)27)24(28)26(23)22(17-7-11-19(30-3)12-8-17)18-9-13-20(31-4)14-10-18/h7-14,21-23H,5-6,15H2,1-4H3. The highest BCUT2D eigenvalue weighted by Gasteiger charge is 2.57. The van der Waals surface area contributed by atoms with E-state index in [0.717, 1.165) is 24.0 Å². The van der Waals surface area contributed by atoms with Gasteiger partial charge in [0.25, 0.3) is 0 Å². The number of hydrogen-bond donors (Lipinski definition) is 0. The summed E-state index contributed by atoms with van der Waals surface area (Å²) in [5.41, 5.74) is 1.58. The average molecular weight is 440 g/mol. The Morgan fingerprint density at radius 1 is 0.938 bits per heavy atom. The van der Waals surface area contributed by atoms with Crippen molar-refractivity contribution in [2.24, 2.45) is 5.92 Å². The molecule has 3 rings (SSSR count). The van der Waals surface area contributed by atoms with Crippen molar-refractivity contribution < 1.29 is 28.6 Å². The molecule has 1 aliphatic rings. The number of esters is 1. The molecule has 170 valence electrons. The Kier molecular flexibility index (Phi) is 7.51. The molecule has 0 aliphatic carbocycles. The minimum absolute atomic E-state index is 0.258. The van der Waals surface area contributed by atoms with Gasteiger partial charge >= 0.3 is 5.97 Å². The fourth-order valence-electron chi connectivity index (χ4n) is 3.93. The van der Waals surface area contributed by atoms with E-state index in [1.165, 1.54) is 11.8 Å². The van der Waals surface area contributed by atoms with Gasteiger partial charge in [0.2, 0.25) is 5.91 Å². The number of nitrogens with zero attached hydrogens (tertiary/aromatic N) is 1. The van der Waals surface area contributed by atoms with Gasteiger partial charge in [-0.05, 0) is 48.7 Å². The summed E-state index contributed by atoms with van der Waals surface area (Å²) in [6.45, 7) is 3.59. The van der Waals surface area contributed by atoms with E-state index in [2.05, 4.69) is 0 Å². The van der Waals surface area contributed by atoms with Gasteiger partial charge in [-0.2, -0.15) is 0 Å². The molecule has 1 fully saturated rings. The third-order valence-corrected chi connectivity index (χ3v) is 5.70. The number of carbonyl (C=O) groups excluding carboxylic acids is 3. The van der Waals surface area contributed by atoms with Crippen LogP contribution in [0.5, 0.6) is 11.5 Å². The topological polar surface area (TPSA) is 82.1 Å². The molecule has 2 aromatic carbocycles. The first-order valence-electron chi connectivity index (χ1n) is 10.7. The summed E-state index contributed by atoms with van der Waals surface area (Å²) >= 11 is 0. The van der Waals surface area contributed by atoms with Crippen molar-refractivity contribution in [2.45, 2.75) is 38.8 Å². The summed E-state index contributed by atoms with van der Waals surface area (Å²) in [6.07, 6.45) is 1.59. The number of rotatable bonds is 10. The smallest absolute Gasteiger partial charge is 0.330 e. The van der Waals surface area contributed by atoms with Crippen molar-refractivity contribution in [1.82, 2.24) is 4.90 Å². The van der Waals surface area contributed by atoms with E-state index in [-0.39, 0.29) is 18.3 Å². The summed E-state index contributed by atoms with van der Waals surface area (Å²) < 4.78 is 15.9. The lowest BCUT2D eigenvalue weighted by atomic mass is 9.80. The number of β-lactam (4-membered cyclic amide) rings is 1. The van der Waals surface area contributed by atoms with E-state index >= 15 is 0 Å². The molecular weight excluding hydrogens is 410 g/mol. The molecule has 0 N–H and O–H groups in total. The van der Waals surface area contributed by atoms with E-state index in [1.807, 2.05) is 31.2 Å². The normalized spacial score (nSPS) is 17.7. The number of benzene rings is 2. The molecule has 2 unspecified atom stereocenters. The number of ketones is 1. The van der Waals surface area contributed by atoms with Gasteiger partial charge < -0.3 is 19.1 Å². The van der Waals surface area contributed by atoms with Crippen LogP contribution in [-0.2, 0) is 19.1 Å². The van der Waals surface area contributed by atoms with E-state index in [9.17, 15) is 14.4 Å². The Balaban J connectivity index is 2.02. The highest BCUT2D eigenvalue weighted by atomic mass is 16.5. The summed E-state index contributed by atoms with van der Waals surface area (Å²) in [5, 5.41) is 0. The van der Waals surface area contributed by atoms with Crippen LogP contribution >= 0.6 is 0 Å². The molecular formula is C25H29NO6. The molecule has 1 saturated heterocycles. The van der Waals surface area contributed by atoms with Crippen molar-refractivity contribution in [1.29, 1.82) is 0 Å². The van der Waals surface area contributed by atoms with E-state index in [1.54, 1.807) is 38.5 Å². The van der Waals surface area contributed by atoms with Crippen molar-refractivity contribution in [3.63, 3.8) is 0 Å². The van der Waals surface area contributed by atoms with Gasteiger partial charge in [-0.25, -0.2) is 4.79 Å². The first-order chi connectivity index (χ1) is 15.4.